The number of benzene rings is 3. The Morgan fingerprint density at radius 2 is 1.58 bits per heavy atom. The molecule has 3 aromatic rings. The van der Waals surface area contributed by atoms with Crippen molar-refractivity contribution in [1.82, 2.24) is 10.2 Å². The van der Waals surface area contributed by atoms with E-state index in [4.69, 9.17) is 10.5 Å². The standard InChI is InChI=1S/C29H33F2N3O2/c1-36-28-19-34(18-16-27(28)33-29(35)22-8-14-25(32)15-9-22)17-2-3-26(20-4-10-23(30)11-5-20)21-6-12-24(31)13-7-21/h4-15,26-28H,2-3,16-19,32H2,1H3,(H,33,35). The van der Waals surface area contributed by atoms with Crippen molar-refractivity contribution in [1.29, 1.82) is 0 Å². The zero-order valence-corrected chi connectivity index (χ0v) is 20.5. The molecule has 3 N–H and O–H groups in total. The minimum absolute atomic E-state index is 0.0566. The van der Waals surface area contributed by atoms with Gasteiger partial charge in [0.2, 0.25) is 0 Å². The minimum Gasteiger partial charge on any atom is -0.399 e. The lowest BCUT2D eigenvalue weighted by Gasteiger charge is -2.38. The number of piperidine rings is 1. The highest BCUT2D eigenvalue weighted by Crippen LogP contribution is 2.30. The number of ether oxygens (including phenoxy) is 1. The molecule has 5 nitrogen and oxygen atoms in total. The van der Waals surface area contributed by atoms with Gasteiger partial charge in [-0.25, -0.2) is 8.78 Å². The highest BCUT2D eigenvalue weighted by atomic mass is 19.1. The molecule has 0 aliphatic carbocycles. The van der Waals surface area contributed by atoms with Gasteiger partial charge in [0.25, 0.3) is 5.91 Å². The summed E-state index contributed by atoms with van der Waals surface area (Å²) in [6.07, 6.45) is 2.45. The summed E-state index contributed by atoms with van der Waals surface area (Å²) in [5.41, 5.74) is 8.95. The van der Waals surface area contributed by atoms with Crippen LogP contribution < -0.4 is 11.1 Å². The van der Waals surface area contributed by atoms with Crippen LogP contribution in [0.25, 0.3) is 0 Å². The first-order chi connectivity index (χ1) is 17.4. The summed E-state index contributed by atoms with van der Waals surface area (Å²) in [6.45, 7) is 2.45. The lowest BCUT2D eigenvalue weighted by molar-refractivity contribution is 0.00597. The van der Waals surface area contributed by atoms with E-state index in [1.54, 1.807) is 55.6 Å². The maximum atomic E-state index is 13.5. The van der Waals surface area contributed by atoms with Gasteiger partial charge >= 0.3 is 0 Å². The number of nitrogen functional groups attached to an aromatic ring is 1. The summed E-state index contributed by atoms with van der Waals surface area (Å²) >= 11 is 0. The van der Waals surface area contributed by atoms with Gasteiger partial charge in [0.05, 0.1) is 12.1 Å². The van der Waals surface area contributed by atoms with Crippen molar-refractivity contribution in [3.8, 4) is 0 Å². The van der Waals surface area contributed by atoms with Crippen molar-refractivity contribution in [2.24, 2.45) is 0 Å². The van der Waals surface area contributed by atoms with Gasteiger partial charge in [-0.3, -0.25) is 4.79 Å². The number of carbonyl (C=O) groups excluding carboxylic acids is 1. The lowest BCUT2D eigenvalue weighted by Crippen LogP contribution is -2.54. The van der Waals surface area contributed by atoms with Gasteiger partial charge in [-0.15, -0.1) is 0 Å². The summed E-state index contributed by atoms with van der Waals surface area (Å²) < 4.78 is 32.7. The molecule has 1 heterocycles. The summed E-state index contributed by atoms with van der Waals surface area (Å²) in [4.78, 5) is 15.0. The van der Waals surface area contributed by atoms with Crippen molar-refractivity contribution in [2.45, 2.75) is 37.3 Å². The lowest BCUT2D eigenvalue weighted by atomic mass is 9.87. The zero-order valence-electron chi connectivity index (χ0n) is 20.5. The Bertz CT molecular complexity index is 1080. The number of halogens is 2. The van der Waals surface area contributed by atoms with Crippen LogP contribution in [0.5, 0.6) is 0 Å². The maximum Gasteiger partial charge on any atom is 0.251 e. The van der Waals surface area contributed by atoms with E-state index in [1.807, 2.05) is 0 Å². The second-order valence-corrected chi connectivity index (χ2v) is 9.36. The van der Waals surface area contributed by atoms with Crippen molar-refractivity contribution in [2.75, 3.05) is 32.5 Å². The number of methoxy groups -OCH3 is 1. The fraction of sp³-hybridized carbons (Fsp3) is 0.345. The van der Waals surface area contributed by atoms with E-state index in [2.05, 4.69) is 10.2 Å². The quantitative estimate of drug-likeness (QED) is 0.413. The van der Waals surface area contributed by atoms with E-state index >= 15 is 0 Å². The van der Waals surface area contributed by atoms with Crippen molar-refractivity contribution in [3.63, 3.8) is 0 Å². The highest BCUT2D eigenvalue weighted by molar-refractivity contribution is 5.94. The van der Waals surface area contributed by atoms with Crippen LogP contribution in [0.1, 0.15) is 46.7 Å². The van der Waals surface area contributed by atoms with Gasteiger partial charge in [-0.1, -0.05) is 24.3 Å². The number of nitrogens with two attached hydrogens (primary N) is 1. The first-order valence-electron chi connectivity index (χ1n) is 12.4. The van der Waals surface area contributed by atoms with Crippen LogP contribution in [0.3, 0.4) is 0 Å². The SMILES string of the molecule is COC1CN(CCCC(c2ccc(F)cc2)c2ccc(F)cc2)CCC1NC(=O)c1ccc(N)cc1. The molecule has 1 aliphatic rings. The number of carbonyl (C=O) groups is 1. The first-order valence-corrected chi connectivity index (χ1v) is 12.4. The van der Waals surface area contributed by atoms with E-state index in [9.17, 15) is 13.6 Å². The van der Waals surface area contributed by atoms with Crippen molar-refractivity contribution in [3.05, 3.63) is 101 Å². The number of rotatable bonds is 9. The Morgan fingerprint density at radius 1 is 1.00 bits per heavy atom. The second kappa shape index (κ2) is 12.1. The number of hydrogen-bond acceptors (Lipinski definition) is 4. The Morgan fingerprint density at radius 3 is 2.14 bits per heavy atom. The third-order valence-corrected chi connectivity index (χ3v) is 6.95. The van der Waals surface area contributed by atoms with Gasteiger partial charge in [-0.2, -0.15) is 0 Å². The van der Waals surface area contributed by atoms with E-state index in [0.29, 0.717) is 11.3 Å². The van der Waals surface area contributed by atoms with Gasteiger partial charge in [0, 0.05) is 37.4 Å². The first kappa shape index (κ1) is 25.8. The van der Waals surface area contributed by atoms with Crippen molar-refractivity contribution < 1.29 is 18.3 Å². The van der Waals surface area contributed by atoms with E-state index in [0.717, 1.165) is 50.0 Å². The van der Waals surface area contributed by atoms with Crippen LogP contribution in [0, 0.1) is 11.6 Å². The molecule has 190 valence electrons. The van der Waals surface area contributed by atoms with Crippen LogP contribution >= 0.6 is 0 Å². The molecular formula is C29H33F2N3O2. The van der Waals surface area contributed by atoms with Crippen LogP contribution in [-0.4, -0.2) is 49.7 Å². The molecule has 1 amide bonds. The van der Waals surface area contributed by atoms with E-state index in [-0.39, 0.29) is 35.6 Å². The van der Waals surface area contributed by atoms with Crippen LogP contribution in [0.15, 0.2) is 72.8 Å². The largest absolute Gasteiger partial charge is 0.399 e. The summed E-state index contributed by atoms with van der Waals surface area (Å²) in [6, 6.07) is 19.9. The molecule has 4 rings (SSSR count). The molecule has 1 saturated heterocycles. The Balaban J connectivity index is 1.33. The van der Waals surface area contributed by atoms with E-state index < -0.39 is 0 Å². The number of likely N-dealkylation sites (tertiary alicyclic amines) is 1. The Kier molecular flexibility index (Phi) is 8.67. The number of amides is 1. The second-order valence-electron chi connectivity index (χ2n) is 9.36. The molecule has 0 bridgehead atoms. The highest BCUT2D eigenvalue weighted by Gasteiger charge is 2.30. The predicted octanol–water partition coefficient (Wildman–Crippen LogP) is 4.98. The monoisotopic (exact) mass is 493 g/mol. The third kappa shape index (κ3) is 6.68. The molecule has 2 unspecified atom stereocenters. The topological polar surface area (TPSA) is 67.6 Å². The number of anilines is 1. The van der Waals surface area contributed by atoms with Crippen LogP contribution in [-0.2, 0) is 4.74 Å². The molecule has 0 radical (unpaired) electrons. The zero-order chi connectivity index (χ0) is 25.5. The normalized spacial score (nSPS) is 18.3. The molecule has 0 saturated carbocycles. The smallest absolute Gasteiger partial charge is 0.251 e. The molecule has 0 spiro atoms. The molecule has 0 aromatic heterocycles. The van der Waals surface area contributed by atoms with Crippen LogP contribution in [0.4, 0.5) is 14.5 Å². The van der Waals surface area contributed by atoms with Gasteiger partial charge in [0.1, 0.15) is 11.6 Å². The number of hydrogen-bond donors (Lipinski definition) is 2. The maximum absolute atomic E-state index is 13.5. The van der Waals surface area contributed by atoms with E-state index in [1.165, 1.54) is 24.3 Å². The fourth-order valence-electron chi connectivity index (χ4n) is 4.91. The Labute approximate surface area is 211 Å². The third-order valence-electron chi connectivity index (χ3n) is 6.95. The summed E-state index contributed by atoms with van der Waals surface area (Å²) in [7, 11) is 1.68. The number of nitrogens with zero attached hydrogens (tertiary/aromatic N) is 1. The predicted molar refractivity (Wildman–Crippen MR) is 138 cm³/mol. The molecular weight excluding hydrogens is 460 g/mol. The minimum atomic E-state index is -0.270. The molecule has 1 fully saturated rings. The molecule has 36 heavy (non-hydrogen) atoms. The van der Waals surface area contributed by atoms with Gasteiger partial charge in [-0.05, 0) is 85.5 Å². The van der Waals surface area contributed by atoms with Crippen molar-refractivity contribution >= 4 is 11.6 Å². The Hall–Kier alpha value is -3.29. The van der Waals surface area contributed by atoms with Crippen LogP contribution in [0.2, 0.25) is 0 Å². The molecule has 7 heteroatoms. The molecule has 1 aliphatic heterocycles. The fourth-order valence-corrected chi connectivity index (χ4v) is 4.91. The molecule has 2 atom stereocenters. The average molecular weight is 494 g/mol. The van der Waals surface area contributed by atoms with Gasteiger partial charge in [0.15, 0.2) is 0 Å². The number of nitrogens with one attached hydrogen (secondary N) is 1. The average Bonchev–Trinajstić information content (AvgIpc) is 2.89. The molecule has 3 aromatic carbocycles. The van der Waals surface area contributed by atoms with Gasteiger partial charge < -0.3 is 20.7 Å². The summed E-state index contributed by atoms with van der Waals surface area (Å²) in [5.74, 6) is -0.611. The summed E-state index contributed by atoms with van der Waals surface area (Å²) in [5, 5.41) is 3.11.